The Bertz CT molecular complexity index is 734. The van der Waals surface area contributed by atoms with Gasteiger partial charge in [0.25, 0.3) is 0 Å². The minimum atomic E-state index is 0.0602. The molecule has 1 heterocycles. The Balaban J connectivity index is 1.59. The normalized spacial score (nSPS) is 20.4. The first-order valence-electron chi connectivity index (χ1n) is 12.6. The van der Waals surface area contributed by atoms with Gasteiger partial charge in [0, 0.05) is 43.2 Å². The number of aliphatic imine (C=N–C) groups is 1. The molecule has 1 aliphatic carbocycles. The van der Waals surface area contributed by atoms with Crippen molar-refractivity contribution in [2.75, 3.05) is 26.2 Å². The largest absolute Gasteiger partial charge is 0.357 e. The number of hydrogen-bond donors (Lipinski definition) is 3. The van der Waals surface area contributed by atoms with Crippen molar-refractivity contribution in [1.82, 2.24) is 20.9 Å². The number of likely N-dealkylation sites (tertiary alicyclic amines) is 1. The van der Waals surface area contributed by atoms with E-state index in [0.717, 1.165) is 45.0 Å². The van der Waals surface area contributed by atoms with Crippen molar-refractivity contribution in [2.24, 2.45) is 10.9 Å². The zero-order valence-corrected chi connectivity index (χ0v) is 20.5. The van der Waals surface area contributed by atoms with Crippen molar-refractivity contribution >= 4 is 11.9 Å². The molecule has 1 aromatic rings. The summed E-state index contributed by atoms with van der Waals surface area (Å²) in [6.45, 7) is 11.6. The average Bonchev–Trinajstić information content (AvgIpc) is 3.26. The molecule has 1 unspecified atom stereocenters. The molecule has 1 saturated heterocycles. The lowest BCUT2D eigenvalue weighted by atomic mass is 9.95. The quantitative estimate of drug-likeness (QED) is 0.423. The van der Waals surface area contributed by atoms with Crippen molar-refractivity contribution in [1.29, 1.82) is 0 Å². The summed E-state index contributed by atoms with van der Waals surface area (Å²) in [4.78, 5) is 19.3. The molecule has 1 aromatic carbocycles. The zero-order valence-electron chi connectivity index (χ0n) is 20.5. The van der Waals surface area contributed by atoms with Gasteiger partial charge in [0.2, 0.25) is 5.91 Å². The van der Waals surface area contributed by atoms with Crippen LogP contribution in [-0.2, 0) is 4.79 Å². The molecular formula is C26H43N5O. The molecule has 1 atom stereocenters. The minimum absolute atomic E-state index is 0.0602. The predicted molar refractivity (Wildman–Crippen MR) is 133 cm³/mol. The number of rotatable bonds is 8. The average molecular weight is 442 g/mol. The van der Waals surface area contributed by atoms with E-state index in [-0.39, 0.29) is 17.4 Å². The molecule has 0 aromatic heterocycles. The second-order valence-corrected chi connectivity index (χ2v) is 9.86. The third-order valence-corrected chi connectivity index (χ3v) is 6.91. The summed E-state index contributed by atoms with van der Waals surface area (Å²) in [7, 11) is 0. The Labute approximate surface area is 194 Å². The second-order valence-electron chi connectivity index (χ2n) is 9.86. The monoisotopic (exact) mass is 441 g/mol. The number of benzene rings is 1. The molecular weight excluding hydrogens is 398 g/mol. The summed E-state index contributed by atoms with van der Waals surface area (Å²) in [5.74, 6) is 1.25. The zero-order chi connectivity index (χ0) is 23.0. The summed E-state index contributed by atoms with van der Waals surface area (Å²) in [6.07, 6.45) is 6.80. The third-order valence-electron chi connectivity index (χ3n) is 6.91. The van der Waals surface area contributed by atoms with Crippen molar-refractivity contribution in [3.05, 3.63) is 35.9 Å². The van der Waals surface area contributed by atoms with Crippen LogP contribution in [-0.4, -0.2) is 54.5 Å². The maximum atomic E-state index is 12.3. The van der Waals surface area contributed by atoms with Gasteiger partial charge in [-0.2, -0.15) is 0 Å². The summed E-state index contributed by atoms with van der Waals surface area (Å²) in [5, 5.41) is 11.0. The van der Waals surface area contributed by atoms with Crippen molar-refractivity contribution < 1.29 is 4.79 Å². The molecule has 2 aliphatic rings. The number of carbonyl (C=O) groups is 1. The Kier molecular flexibility index (Phi) is 8.97. The van der Waals surface area contributed by atoms with E-state index < -0.39 is 0 Å². The molecule has 0 radical (unpaired) electrons. The smallest absolute Gasteiger partial charge is 0.225 e. The highest BCUT2D eigenvalue weighted by molar-refractivity contribution is 5.80. The van der Waals surface area contributed by atoms with Gasteiger partial charge in [-0.15, -0.1) is 0 Å². The van der Waals surface area contributed by atoms with Gasteiger partial charge in [0.05, 0.1) is 6.54 Å². The topological polar surface area (TPSA) is 68.8 Å². The number of hydrogen-bond acceptors (Lipinski definition) is 3. The van der Waals surface area contributed by atoms with Crippen LogP contribution < -0.4 is 16.0 Å². The van der Waals surface area contributed by atoms with Crippen LogP contribution in [0.4, 0.5) is 0 Å². The first-order valence-corrected chi connectivity index (χ1v) is 12.6. The van der Waals surface area contributed by atoms with Gasteiger partial charge in [-0.1, -0.05) is 57.0 Å². The van der Waals surface area contributed by atoms with Crippen LogP contribution in [0.1, 0.15) is 77.8 Å². The maximum Gasteiger partial charge on any atom is 0.225 e. The molecule has 178 valence electrons. The van der Waals surface area contributed by atoms with Crippen molar-refractivity contribution in [3.8, 4) is 0 Å². The van der Waals surface area contributed by atoms with E-state index in [4.69, 9.17) is 4.99 Å². The van der Waals surface area contributed by atoms with Crippen LogP contribution >= 0.6 is 0 Å². The Morgan fingerprint density at radius 2 is 1.78 bits per heavy atom. The molecule has 3 rings (SSSR count). The van der Waals surface area contributed by atoms with Crippen LogP contribution in [0.2, 0.25) is 0 Å². The second kappa shape index (κ2) is 11.7. The molecule has 6 nitrogen and oxygen atoms in total. The molecule has 2 fully saturated rings. The number of carbonyl (C=O) groups excluding carboxylic acids is 1. The number of amides is 1. The number of piperidine rings is 1. The first kappa shape index (κ1) is 24.6. The van der Waals surface area contributed by atoms with E-state index in [1.165, 1.54) is 31.2 Å². The molecule has 3 N–H and O–H groups in total. The number of nitrogens with one attached hydrogen (secondary N) is 3. The standard InChI is InChI=1S/C26H43N5O/c1-5-27-25(29-23-13-17-31(18-14-23)24(32)20(2)3)28-19-26(15-9-10-16-26)30-21(4)22-11-7-6-8-12-22/h6-8,11-12,20-21,23,30H,5,9-10,13-19H2,1-4H3,(H2,27,28,29). The van der Waals surface area contributed by atoms with Gasteiger partial charge in [-0.3, -0.25) is 9.79 Å². The lowest BCUT2D eigenvalue weighted by molar-refractivity contribution is -0.135. The van der Waals surface area contributed by atoms with Crippen LogP contribution in [0.3, 0.4) is 0 Å². The molecule has 1 amide bonds. The van der Waals surface area contributed by atoms with Crippen molar-refractivity contribution in [2.45, 2.75) is 83.8 Å². The molecule has 1 aliphatic heterocycles. The van der Waals surface area contributed by atoms with E-state index >= 15 is 0 Å². The van der Waals surface area contributed by atoms with Gasteiger partial charge in [-0.05, 0) is 45.1 Å². The van der Waals surface area contributed by atoms with E-state index in [0.29, 0.717) is 12.1 Å². The van der Waals surface area contributed by atoms with Crippen LogP contribution in [0, 0.1) is 5.92 Å². The summed E-state index contributed by atoms with van der Waals surface area (Å²) < 4.78 is 0. The number of nitrogens with zero attached hydrogens (tertiary/aromatic N) is 2. The number of guanidine groups is 1. The minimum Gasteiger partial charge on any atom is -0.357 e. The SMILES string of the molecule is CCNC(=NCC1(NC(C)c2ccccc2)CCCC1)NC1CCN(C(=O)C(C)C)CC1. The van der Waals surface area contributed by atoms with Crippen LogP contribution in [0.25, 0.3) is 0 Å². The van der Waals surface area contributed by atoms with E-state index in [1.54, 1.807) is 0 Å². The van der Waals surface area contributed by atoms with E-state index in [1.807, 2.05) is 18.7 Å². The van der Waals surface area contributed by atoms with Gasteiger partial charge in [0.15, 0.2) is 5.96 Å². The molecule has 6 heteroatoms. The Morgan fingerprint density at radius 3 is 2.38 bits per heavy atom. The Morgan fingerprint density at radius 1 is 1.12 bits per heavy atom. The van der Waals surface area contributed by atoms with Gasteiger partial charge in [0.1, 0.15) is 0 Å². The van der Waals surface area contributed by atoms with E-state index in [9.17, 15) is 4.79 Å². The molecule has 1 saturated carbocycles. The Hall–Kier alpha value is -2.08. The highest BCUT2D eigenvalue weighted by Gasteiger charge is 2.35. The fraction of sp³-hybridized carbons (Fsp3) is 0.692. The third kappa shape index (κ3) is 6.71. The summed E-state index contributed by atoms with van der Waals surface area (Å²) in [5.41, 5.74) is 1.39. The highest BCUT2D eigenvalue weighted by Crippen LogP contribution is 2.32. The fourth-order valence-corrected chi connectivity index (χ4v) is 5.04. The molecule has 32 heavy (non-hydrogen) atoms. The summed E-state index contributed by atoms with van der Waals surface area (Å²) >= 11 is 0. The lowest BCUT2D eigenvalue weighted by Crippen LogP contribution is -2.51. The van der Waals surface area contributed by atoms with Gasteiger partial charge >= 0.3 is 0 Å². The molecule has 0 spiro atoms. The first-order chi connectivity index (χ1) is 15.4. The lowest BCUT2D eigenvalue weighted by Gasteiger charge is -2.35. The molecule has 0 bridgehead atoms. The van der Waals surface area contributed by atoms with Crippen LogP contribution in [0.15, 0.2) is 35.3 Å². The predicted octanol–water partition coefficient (Wildman–Crippen LogP) is 3.85. The van der Waals surface area contributed by atoms with E-state index in [2.05, 4.69) is 60.1 Å². The summed E-state index contributed by atoms with van der Waals surface area (Å²) in [6, 6.07) is 11.4. The van der Waals surface area contributed by atoms with Gasteiger partial charge < -0.3 is 20.9 Å². The van der Waals surface area contributed by atoms with Crippen molar-refractivity contribution in [3.63, 3.8) is 0 Å². The highest BCUT2D eigenvalue weighted by atomic mass is 16.2. The fourth-order valence-electron chi connectivity index (χ4n) is 5.04. The van der Waals surface area contributed by atoms with Crippen LogP contribution in [0.5, 0.6) is 0 Å². The maximum absolute atomic E-state index is 12.3. The van der Waals surface area contributed by atoms with Gasteiger partial charge in [-0.25, -0.2) is 0 Å².